The highest BCUT2D eigenvalue weighted by molar-refractivity contribution is 7.12. The van der Waals surface area contributed by atoms with Gasteiger partial charge in [0.25, 0.3) is 5.91 Å². The molecule has 2 amide bonds. The second-order valence-corrected chi connectivity index (χ2v) is 8.48. The Hall–Kier alpha value is -2.34. The summed E-state index contributed by atoms with van der Waals surface area (Å²) in [6.45, 7) is 2.06. The van der Waals surface area contributed by atoms with Crippen LogP contribution in [0.2, 0.25) is 0 Å². The number of benzene rings is 1. The molecular weight excluding hydrogens is 372 g/mol. The molecule has 2 aliphatic rings. The Kier molecular flexibility index (Phi) is 5.67. The fourth-order valence-corrected chi connectivity index (χ4v) is 5.05. The maximum atomic E-state index is 13.3. The summed E-state index contributed by atoms with van der Waals surface area (Å²) >= 11 is 1.46. The van der Waals surface area contributed by atoms with Crippen LogP contribution in [0, 0.1) is 5.92 Å². The number of nitrogens with zero attached hydrogens (tertiary/aromatic N) is 2. The molecule has 0 unspecified atom stereocenters. The lowest BCUT2D eigenvalue weighted by atomic mass is 9.95. The molecule has 1 aromatic carbocycles. The van der Waals surface area contributed by atoms with Crippen LogP contribution in [0.1, 0.15) is 47.0 Å². The topological polar surface area (TPSA) is 49.9 Å². The van der Waals surface area contributed by atoms with E-state index in [9.17, 15) is 9.59 Å². The van der Waals surface area contributed by atoms with Crippen molar-refractivity contribution in [2.75, 3.05) is 26.7 Å². The van der Waals surface area contributed by atoms with E-state index in [2.05, 4.69) is 12.1 Å². The third-order valence-electron chi connectivity index (χ3n) is 5.83. The average Bonchev–Trinajstić information content (AvgIpc) is 3.45. The van der Waals surface area contributed by atoms with Crippen LogP contribution in [0.15, 0.2) is 41.8 Å². The SMILES string of the molecule is COc1ccc([C@H]2CCCN2C(=O)[C@H]2CCCN(C(=O)c3cccs3)C2)cc1. The van der Waals surface area contributed by atoms with Crippen molar-refractivity contribution in [1.29, 1.82) is 0 Å². The normalized spacial score (nSPS) is 22.3. The van der Waals surface area contributed by atoms with Gasteiger partial charge in [0, 0.05) is 19.6 Å². The van der Waals surface area contributed by atoms with Crippen LogP contribution in [-0.4, -0.2) is 48.4 Å². The Labute approximate surface area is 169 Å². The van der Waals surface area contributed by atoms with Gasteiger partial charge in [-0.1, -0.05) is 18.2 Å². The van der Waals surface area contributed by atoms with Crippen LogP contribution in [0.3, 0.4) is 0 Å². The molecule has 148 valence electrons. The number of rotatable bonds is 4. The second kappa shape index (κ2) is 8.35. The zero-order valence-electron chi connectivity index (χ0n) is 16.2. The molecule has 0 aliphatic carbocycles. The number of methoxy groups -OCH3 is 1. The summed E-state index contributed by atoms with van der Waals surface area (Å²) in [6.07, 6.45) is 3.75. The third kappa shape index (κ3) is 3.78. The highest BCUT2D eigenvalue weighted by atomic mass is 32.1. The molecule has 2 aromatic rings. The molecule has 2 aliphatic heterocycles. The fourth-order valence-electron chi connectivity index (χ4n) is 4.36. The molecule has 0 radical (unpaired) electrons. The summed E-state index contributed by atoms with van der Waals surface area (Å²) in [7, 11) is 1.66. The third-order valence-corrected chi connectivity index (χ3v) is 6.68. The van der Waals surface area contributed by atoms with Crippen molar-refractivity contribution in [3.8, 4) is 5.75 Å². The lowest BCUT2D eigenvalue weighted by Crippen LogP contribution is -2.46. The Bertz CT molecular complexity index is 819. The summed E-state index contributed by atoms with van der Waals surface area (Å²) in [4.78, 5) is 30.7. The first-order valence-electron chi connectivity index (χ1n) is 9.94. The zero-order valence-corrected chi connectivity index (χ0v) is 17.0. The van der Waals surface area contributed by atoms with Crippen molar-refractivity contribution in [1.82, 2.24) is 9.80 Å². The van der Waals surface area contributed by atoms with Gasteiger partial charge in [0.2, 0.25) is 5.91 Å². The zero-order chi connectivity index (χ0) is 19.5. The molecule has 0 bridgehead atoms. The van der Waals surface area contributed by atoms with E-state index < -0.39 is 0 Å². The highest BCUT2D eigenvalue weighted by Gasteiger charge is 2.36. The van der Waals surface area contributed by atoms with Crippen molar-refractivity contribution in [3.05, 3.63) is 52.2 Å². The summed E-state index contributed by atoms with van der Waals surface area (Å²) in [5.41, 5.74) is 1.16. The first-order valence-corrected chi connectivity index (χ1v) is 10.8. The molecule has 0 N–H and O–H groups in total. The number of amides is 2. The molecule has 28 heavy (non-hydrogen) atoms. The summed E-state index contributed by atoms with van der Waals surface area (Å²) < 4.78 is 5.25. The van der Waals surface area contributed by atoms with Crippen LogP contribution < -0.4 is 4.74 Å². The minimum Gasteiger partial charge on any atom is -0.497 e. The Morgan fingerprint density at radius 3 is 2.57 bits per heavy atom. The number of piperidine rings is 1. The summed E-state index contributed by atoms with van der Waals surface area (Å²) in [6, 6.07) is 11.9. The largest absolute Gasteiger partial charge is 0.497 e. The van der Waals surface area contributed by atoms with Crippen molar-refractivity contribution in [2.24, 2.45) is 5.92 Å². The van der Waals surface area contributed by atoms with Crippen molar-refractivity contribution in [3.63, 3.8) is 0 Å². The Morgan fingerprint density at radius 1 is 1.07 bits per heavy atom. The predicted molar refractivity (Wildman–Crippen MR) is 110 cm³/mol. The van der Waals surface area contributed by atoms with E-state index in [0.29, 0.717) is 6.54 Å². The van der Waals surface area contributed by atoms with E-state index in [1.54, 1.807) is 7.11 Å². The molecule has 2 fully saturated rings. The summed E-state index contributed by atoms with van der Waals surface area (Å²) in [5.74, 6) is 0.980. The van der Waals surface area contributed by atoms with Crippen LogP contribution in [0.5, 0.6) is 5.75 Å². The van der Waals surface area contributed by atoms with Gasteiger partial charge in [0.15, 0.2) is 0 Å². The van der Waals surface area contributed by atoms with Crippen LogP contribution in [0.25, 0.3) is 0 Å². The molecule has 2 saturated heterocycles. The first kappa shape index (κ1) is 19.0. The average molecular weight is 399 g/mol. The summed E-state index contributed by atoms with van der Waals surface area (Å²) in [5, 5.41) is 1.92. The van der Waals surface area contributed by atoms with Crippen molar-refractivity contribution in [2.45, 2.75) is 31.7 Å². The molecule has 5 nitrogen and oxygen atoms in total. The van der Waals surface area contributed by atoms with E-state index in [1.165, 1.54) is 11.3 Å². The number of thiophene rings is 1. The number of ether oxygens (including phenoxy) is 1. The standard InChI is InChI=1S/C22H26N2O3S/c1-27-18-10-8-16(9-11-18)19-6-3-13-24(19)21(25)17-5-2-12-23(15-17)22(26)20-7-4-14-28-20/h4,7-11,14,17,19H,2-3,5-6,12-13,15H2,1H3/t17-,19+/m0/s1. The Morgan fingerprint density at radius 2 is 1.86 bits per heavy atom. The molecule has 0 saturated carbocycles. The van der Waals surface area contributed by atoms with Crippen LogP contribution in [0.4, 0.5) is 0 Å². The van der Waals surface area contributed by atoms with E-state index in [-0.39, 0.29) is 23.8 Å². The van der Waals surface area contributed by atoms with Gasteiger partial charge < -0.3 is 14.5 Å². The second-order valence-electron chi connectivity index (χ2n) is 7.53. The van der Waals surface area contributed by atoms with Crippen LogP contribution in [-0.2, 0) is 4.79 Å². The van der Waals surface area contributed by atoms with Crippen molar-refractivity contribution < 1.29 is 14.3 Å². The van der Waals surface area contributed by atoms with Gasteiger partial charge in [-0.15, -0.1) is 11.3 Å². The van der Waals surface area contributed by atoms with Gasteiger partial charge in [-0.3, -0.25) is 9.59 Å². The highest BCUT2D eigenvalue weighted by Crippen LogP contribution is 2.35. The molecule has 6 heteroatoms. The lowest BCUT2D eigenvalue weighted by Gasteiger charge is -2.35. The van der Waals surface area contributed by atoms with Gasteiger partial charge >= 0.3 is 0 Å². The minimum absolute atomic E-state index is 0.0561. The maximum Gasteiger partial charge on any atom is 0.263 e. The lowest BCUT2D eigenvalue weighted by molar-refractivity contribution is -0.137. The van der Waals surface area contributed by atoms with Gasteiger partial charge in [0.05, 0.1) is 23.9 Å². The number of carbonyl (C=O) groups is 2. The number of likely N-dealkylation sites (tertiary alicyclic amines) is 2. The van der Waals surface area contributed by atoms with Gasteiger partial charge in [-0.2, -0.15) is 0 Å². The molecule has 3 heterocycles. The predicted octanol–water partition coefficient (Wildman–Crippen LogP) is 3.97. The Balaban J connectivity index is 1.45. The number of hydrogen-bond donors (Lipinski definition) is 0. The number of hydrogen-bond acceptors (Lipinski definition) is 4. The van der Waals surface area contributed by atoms with E-state index in [4.69, 9.17) is 4.74 Å². The first-order chi connectivity index (χ1) is 13.7. The monoisotopic (exact) mass is 398 g/mol. The van der Waals surface area contributed by atoms with Crippen molar-refractivity contribution >= 4 is 23.2 Å². The van der Waals surface area contributed by atoms with Gasteiger partial charge in [-0.25, -0.2) is 0 Å². The maximum absolute atomic E-state index is 13.3. The van der Waals surface area contributed by atoms with E-state index in [0.717, 1.165) is 55.0 Å². The molecule has 0 spiro atoms. The molecule has 1 aromatic heterocycles. The van der Waals surface area contributed by atoms with Gasteiger partial charge in [0.1, 0.15) is 5.75 Å². The molecule has 2 atom stereocenters. The molecule has 4 rings (SSSR count). The molecular formula is C22H26N2O3S. The minimum atomic E-state index is -0.100. The number of carbonyl (C=O) groups excluding carboxylic acids is 2. The van der Waals surface area contributed by atoms with Crippen LogP contribution >= 0.6 is 11.3 Å². The van der Waals surface area contributed by atoms with E-state index in [1.807, 2.05) is 39.4 Å². The smallest absolute Gasteiger partial charge is 0.263 e. The quantitative estimate of drug-likeness (QED) is 0.783. The van der Waals surface area contributed by atoms with Gasteiger partial charge in [-0.05, 0) is 54.8 Å². The van der Waals surface area contributed by atoms with E-state index >= 15 is 0 Å². The fraction of sp³-hybridized carbons (Fsp3) is 0.455.